The maximum Gasteiger partial charge on any atom is 0.409 e. The van der Waals surface area contributed by atoms with Crippen molar-refractivity contribution < 1.29 is 91.3 Å². The second-order valence-electron chi connectivity index (χ2n) is 20.4. The Bertz CT molecular complexity index is 3060. The van der Waals surface area contributed by atoms with Gasteiger partial charge in [-0.1, -0.05) is 74.4 Å². The standard InChI is InChI=1S/C9H8FNO.C9H9NO.2C9H12O.C8H8F2O.C7H13NO4S.C6H7N.C6H12O.C5H12O.C4H8F2O.C3H6F2O/c1-3-12-9-6-7(11-2)4-5-8(9)10;1-3-11-9-6-4-5-8(7-9)10-2;2*1-3-10-9-6-4-8(2)5-7-9;1-2-11-8-4-3-6(9)5-7(8)10;1-2-12-7(9)8-3-5-13(10,11)6-4-8;1-6-2-4-7-5-3-6;1-6-3-2-4-7-5-6;1-3-5-6-4-2;1-2-3-7-4(5)6;1-2-6-3(4)5/h4-6H,3H2,1H3;4-7H,3H2,1H3;2*4-7H,3H2,1-2H3;3-5H,2H2,1H3;2-6H2,1H3;2-5H,1H3;6H,2-5H2,1H3;3-5H2,1-2H3;4H,2-3H2,1H3;3H,2H2,1H3. The first-order chi connectivity index (χ1) is 47.8. The Morgan fingerprint density at radius 2 is 1.06 bits per heavy atom. The second kappa shape index (κ2) is 64.2. The van der Waals surface area contributed by atoms with Crippen molar-refractivity contribution in [3.8, 4) is 28.7 Å². The number of rotatable bonds is 19. The molecule has 100 heavy (non-hydrogen) atoms. The van der Waals surface area contributed by atoms with Crippen LogP contribution in [0.15, 0.2) is 134 Å². The normalized spacial score (nSPS) is 12.5. The van der Waals surface area contributed by atoms with Crippen LogP contribution >= 0.6 is 0 Å². The van der Waals surface area contributed by atoms with E-state index in [0.717, 1.165) is 81.4 Å². The van der Waals surface area contributed by atoms with E-state index >= 15 is 0 Å². The highest BCUT2D eigenvalue weighted by Crippen LogP contribution is 2.24. The molecule has 25 heteroatoms. The van der Waals surface area contributed by atoms with Crippen molar-refractivity contribution >= 4 is 27.3 Å². The predicted molar refractivity (Wildman–Crippen MR) is 382 cm³/mol. The summed E-state index contributed by atoms with van der Waals surface area (Å²) in [6.07, 6.45) is 7.56. The average Bonchev–Trinajstić information content (AvgIpc) is 0.876. The van der Waals surface area contributed by atoms with Gasteiger partial charge in [0.2, 0.25) is 0 Å². The highest BCUT2D eigenvalue weighted by Gasteiger charge is 2.25. The summed E-state index contributed by atoms with van der Waals surface area (Å²) in [4.78, 5) is 22.8. The van der Waals surface area contributed by atoms with E-state index in [-0.39, 0.29) is 49.3 Å². The number of halogens is 7. The molecule has 0 spiro atoms. The number of amides is 1. The Hall–Kier alpha value is -8.20. The second-order valence-corrected chi connectivity index (χ2v) is 22.7. The van der Waals surface area contributed by atoms with Crippen LogP contribution < -0.4 is 23.7 Å². The van der Waals surface area contributed by atoms with Crippen LogP contribution in [0.1, 0.15) is 119 Å². The Labute approximate surface area is 591 Å². The zero-order valence-electron chi connectivity index (χ0n) is 60.7. The van der Waals surface area contributed by atoms with E-state index in [1.54, 1.807) is 52.2 Å². The van der Waals surface area contributed by atoms with Crippen molar-refractivity contribution in [2.24, 2.45) is 5.92 Å². The van der Waals surface area contributed by atoms with Gasteiger partial charge in [0.25, 0.3) is 0 Å². The minimum Gasteiger partial charge on any atom is -0.495 e. The summed E-state index contributed by atoms with van der Waals surface area (Å²) >= 11 is 0. The molecule has 0 bridgehead atoms. The number of ether oxygens (including phenoxy) is 10. The highest BCUT2D eigenvalue weighted by atomic mass is 32.2. The first kappa shape index (κ1) is 96.0. The molecular weight excluding hydrogens is 1330 g/mol. The Balaban J connectivity index is -0.00000104. The van der Waals surface area contributed by atoms with Crippen molar-refractivity contribution in [3.05, 3.63) is 191 Å². The van der Waals surface area contributed by atoms with Crippen molar-refractivity contribution in [1.29, 1.82) is 0 Å². The number of carbonyl (C=O) groups excluding carboxylic acids is 1. The molecule has 8 rings (SSSR count). The van der Waals surface area contributed by atoms with Crippen LogP contribution in [-0.2, 0) is 33.5 Å². The molecule has 17 nitrogen and oxygen atoms in total. The summed E-state index contributed by atoms with van der Waals surface area (Å²) in [6.45, 7) is 42.9. The predicted octanol–water partition coefficient (Wildman–Crippen LogP) is 19.6. The topological polar surface area (TPSA) is 168 Å². The lowest BCUT2D eigenvalue weighted by Crippen LogP contribution is -2.43. The summed E-state index contributed by atoms with van der Waals surface area (Å²) in [5.74, 6) is 2.13. The van der Waals surface area contributed by atoms with E-state index in [1.165, 1.54) is 65.6 Å². The minimum absolute atomic E-state index is 0.0474. The summed E-state index contributed by atoms with van der Waals surface area (Å²) in [5, 5.41) is 0. The molecule has 1 amide bonds. The number of hydrogen-bond donors (Lipinski definition) is 0. The molecule has 0 aliphatic carbocycles. The number of hydrogen-bond acceptors (Lipinski definition) is 14. The molecule has 0 radical (unpaired) electrons. The largest absolute Gasteiger partial charge is 0.495 e. The quantitative estimate of drug-likeness (QED) is 0.0426. The number of alkyl halides is 4. The van der Waals surface area contributed by atoms with Gasteiger partial charge in [0.15, 0.2) is 38.6 Å². The van der Waals surface area contributed by atoms with Crippen LogP contribution in [0, 0.1) is 57.3 Å². The first-order valence-corrected chi connectivity index (χ1v) is 35.0. The molecule has 1 aromatic heterocycles. The lowest BCUT2D eigenvalue weighted by atomic mass is 10.1. The van der Waals surface area contributed by atoms with Gasteiger partial charge in [0.1, 0.15) is 28.8 Å². The molecule has 0 saturated carbocycles. The number of sulfone groups is 1. The third kappa shape index (κ3) is 56.7. The lowest BCUT2D eigenvalue weighted by molar-refractivity contribution is -0.128. The fraction of sp³-hybridized carbons (Fsp3) is 0.493. The van der Waals surface area contributed by atoms with Crippen LogP contribution in [0.25, 0.3) is 9.69 Å². The van der Waals surface area contributed by atoms with Gasteiger partial charge in [-0.15, -0.1) is 0 Å². The minimum atomic E-state index is -2.91. The number of nitrogens with zero attached hydrogens (tertiary/aromatic N) is 4. The van der Waals surface area contributed by atoms with E-state index in [2.05, 4.69) is 51.8 Å². The maximum atomic E-state index is 12.9. The molecule has 2 saturated heterocycles. The summed E-state index contributed by atoms with van der Waals surface area (Å²) in [5.41, 5.74) is 4.80. The summed E-state index contributed by atoms with van der Waals surface area (Å²) in [7, 11) is -2.91. The molecule has 1 unspecified atom stereocenters. The number of benzene rings is 5. The lowest BCUT2D eigenvalue weighted by Gasteiger charge is -2.25. The molecule has 5 aromatic carbocycles. The van der Waals surface area contributed by atoms with Crippen LogP contribution in [0.5, 0.6) is 28.7 Å². The van der Waals surface area contributed by atoms with Crippen LogP contribution in [0.2, 0.25) is 0 Å². The third-order valence-corrected chi connectivity index (χ3v) is 13.5. The highest BCUT2D eigenvalue weighted by molar-refractivity contribution is 7.91. The first-order valence-electron chi connectivity index (χ1n) is 33.1. The molecule has 2 aliphatic rings. The summed E-state index contributed by atoms with van der Waals surface area (Å²) in [6, 6.07) is 34.5. The molecular formula is C75H107F7N4O13S. The Morgan fingerprint density at radius 3 is 1.43 bits per heavy atom. The van der Waals surface area contributed by atoms with Crippen LogP contribution in [0.3, 0.4) is 0 Å². The molecule has 3 heterocycles. The zero-order chi connectivity index (χ0) is 75.8. The smallest absolute Gasteiger partial charge is 0.409 e. The fourth-order valence-electron chi connectivity index (χ4n) is 7.05. The number of pyridine rings is 1. The third-order valence-electron chi connectivity index (χ3n) is 11.9. The van der Waals surface area contributed by atoms with E-state index in [4.69, 9.17) is 51.0 Å². The van der Waals surface area contributed by atoms with Gasteiger partial charge in [-0.3, -0.25) is 4.98 Å². The van der Waals surface area contributed by atoms with Crippen molar-refractivity contribution in [2.75, 3.05) is 104 Å². The van der Waals surface area contributed by atoms with Gasteiger partial charge in [0, 0.05) is 64.6 Å². The van der Waals surface area contributed by atoms with Gasteiger partial charge in [-0.25, -0.2) is 36.1 Å². The average molecular weight is 1440 g/mol. The summed E-state index contributed by atoms with van der Waals surface area (Å²) < 4.78 is 151. The molecule has 1 atom stereocenters. The van der Waals surface area contributed by atoms with Crippen molar-refractivity contribution in [1.82, 2.24) is 9.88 Å². The Morgan fingerprint density at radius 1 is 0.560 bits per heavy atom. The van der Waals surface area contributed by atoms with Gasteiger partial charge in [0.05, 0.1) is 70.9 Å². The number of aromatic nitrogens is 1. The number of carbonyl (C=O) groups is 1. The van der Waals surface area contributed by atoms with Gasteiger partial charge in [-0.05, 0) is 186 Å². The SMILES string of the molecule is CC1CCCOC1.CCCOC(F)F.CCCOCC.CCOC(=O)N1CCS(=O)(=O)CC1.CCOC(F)F.CCOc1ccc(C)cc1.CCOc1ccc(C)cc1.CCOc1ccc(F)cc1F.Cc1ccncc1.[C-]#[N+]c1ccc(F)c(OCC)c1.[C-]#[N+]c1cccc(OCC)c1. The number of aryl methyl sites for hydroxylation is 3. The molecule has 0 N–H and O–H groups in total. The molecule has 560 valence electrons. The molecule has 2 fully saturated rings. The van der Waals surface area contributed by atoms with E-state index < -0.39 is 46.6 Å². The van der Waals surface area contributed by atoms with Gasteiger partial charge >= 0.3 is 19.3 Å². The Kier molecular flexibility index (Phi) is 61.6. The van der Waals surface area contributed by atoms with Crippen molar-refractivity contribution in [2.45, 2.75) is 136 Å². The van der Waals surface area contributed by atoms with E-state index in [1.807, 2.05) is 107 Å². The fourth-order valence-corrected chi connectivity index (χ4v) is 8.25. The molecule has 6 aromatic rings. The van der Waals surface area contributed by atoms with Gasteiger partial charge < -0.3 is 52.3 Å². The molecule has 2 aliphatic heterocycles. The van der Waals surface area contributed by atoms with E-state index in [0.29, 0.717) is 44.2 Å². The van der Waals surface area contributed by atoms with Crippen LogP contribution in [0.4, 0.5) is 46.9 Å². The van der Waals surface area contributed by atoms with Crippen LogP contribution in [-0.4, -0.2) is 141 Å². The van der Waals surface area contributed by atoms with Crippen molar-refractivity contribution in [3.63, 3.8) is 0 Å². The maximum absolute atomic E-state index is 12.9. The van der Waals surface area contributed by atoms with E-state index in [9.17, 15) is 43.9 Å². The monoisotopic (exact) mass is 1440 g/mol. The van der Waals surface area contributed by atoms with Gasteiger partial charge in [-0.2, -0.15) is 17.6 Å². The zero-order valence-corrected chi connectivity index (χ0v) is 61.5.